The minimum atomic E-state index is -0.101. The maximum absolute atomic E-state index is 11.5. The molecule has 0 radical (unpaired) electrons. The molecule has 2 rings (SSSR count). The number of hydrogen-bond acceptors (Lipinski definition) is 4. The molecule has 0 spiro atoms. The molecule has 2 saturated heterocycles. The summed E-state index contributed by atoms with van der Waals surface area (Å²) in [5, 5.41) is 3.32. The van der Waals surface area contributed by atoms with Crippen molar-refractivity contribution in [3.63, 3.8) is 0 Å². The molecular weight excluding hydrogens is 194 g/mol. The highest BCUT2D eigenvalue weighted by atomic mass is 16.5. The third-order valence-electron chi connectivity index (χ3n) is 3.49. The minimum absolute atomic E-state index is 0.0295. The van der Waals surface area contributed by atoms with E-state index in [9.17, 15) is 4.79 Å². The standard InChI is InChI=1S/C11H19NO3/c1-14-11(13)9-4-7-15-10(9)8-2-5-12-6-3-8/h8-10,12H,2-7H2,1H3/t9-,10+/m1/s1. The van der Waals surface area contributed by atoms with Crippen molar-refractivity contribution in [3.8, 4) is 0 Å². The summed E-state index contributed by atoms with van der Waals surface area (Å²) in [5.74, 6) is 0.395. The van der Waals surface area contributed by atoms with E-state index in [0.717, 1.165) is 32.4 Å². The van der Waals surface area contributed by atoms with Gasteiger partial charge in [0.2, 0.25) is 0 Å². The highest BCUT2D eigenvalue weighted by molar-refractivity contribution is 5.73. The average molecular weight is 213 g/mol. The van der Waals surface area contributed by atoms with E-state index in [0.29, 0.717) is 12.5 Å². The average Bonchev–Trinajstić information content (AvgIpc) is 2.78. The van der Waals surface area contributed by atoms with Gasteiger partial charge in [0.05, 0.1) is 19.1 Å². The normalized spacial score (nSPS) is 32.9. The molecule has 2 fully saturated rings. The molecule has 0 aromatic rings. The smallest absolute Gasteiger partial charge is 0.311 e. The number of piperidine rings is 1. The molecule has 2 atom stereocenters. The Hall–Kier alpha value is -0.610. The maximum Gasteiger partial charge on any atom is 0.311 e. The predicted octanol–water partition coefficient (Wildman–Crippen LogP) is 0.564. The van der Waals surface area contributed by atoms with Gasteiger partial charge in [-0.3, -0.25) is 4.79 Å². The fraction of sp³-hybridized carbons (Fsp3) is 0.909. The van der Waals surface area contributed by atoms with Gasteiger partial charge in [-0.1, -0.05) is 0 Å². The number of methoxy groups -OCH3 is 1. The summed E-state index contributed by atoms with van der Waals surface area (Å²) in [4.78, 5) is 11.5. The lowest BCUT2D eigenvalue weighted by Crippen LogP contribution is -2.38. The molecule has 4 heteroatoms. The molecule has 0 aliphatic carbocycles. The summed E-state index contributed by atoms with van der Waals surface area (Å²) in [6.45, 7) is 2.78. The number of ether oxygens (including phenoxy) is 2. The van der Waals surface area contributed by atoms with Crippen LogP contribution in [0.4, 0.5) is 0 Å². The van der Waals surface area contributed by atoms with Gasteiger partial charge in [0, 0.05) is 6.61 Å². The SMILES string of the molecule is COC(=O)[C@@H]1CCO[C@H]1C1CCNCC1. The van der Waals surface area contributed by atoms with Crippen molar-refractivity contribution in [1.82, 2.24) is 5.32 Å². The first-order chi connectivity index (χ1) is 7.33. The molecule has 2 aliphatic rings. The molecule has 0 amide bonds. The zero-order valence-corrected chi connectivity index (χ0v) is 9.20. The molecule has 0 aromatic heterocycles. The Balaban J connectivity index is 1.97. The predicted molar refractivity (Wildman–Crippen MR) is 55.5 cm³/mol. The Labute approximate surface area is 90.3 Å². The van der Waals surface area contributed by atoms with E-state index in [4.69, 9.17) is 9.47 Å². The zero-order chi connectivity index (χ0) is 10.7. The third-order valence-corrected chi connectivity index (χ3v) is 3.49. The van der Waals surface area contributed by atoms with Crippen molar-refractivity contribution >= 4 is 5.97 Å². The van der Waals surface area contributed by atoms with Gasteiger partial charge in [0.25, 0.3) is 0 Å². The van der Waals surface area contributed by atoms with Crippen LogP contribution < -0.4 is 5.32 Å². The molecule has 1 N–H and O–H groups in total. The Bertz CT molecular complexity index is 226. The topological polar surface area (TPSA) is 47.6 Å². The van der Waals surface area contributed by atoms with E-state index in [-0.39, 0.29) is 18.0 Å². The lowest BCUT2D eigenvalue weighted by molar-refractivity contribution is -0.148. The van der Waals surface area contributed by atoms with Gasteiger partial charge in [-0.2, -0.15) is 0 Å². The first-order valence-corrected chi connectivity index (χ1v) is 5.73. The van der Waals surface area contributed by atoms with Crippen LogP contribution in [0.5, 0.6) is 0 Å². The third kappa shape index (κ3) is 2.32. The highest BCUT2D eigenvalue weighted by Gasteiger charge is 2.40. The van der Waals surface area contributed by atoms with Crippen molar-refractivity contribution < 1.29 is 14.3 Å². The van der Waals surface area contributed by atoms with Crippen LogP contribution in [0.1, 0.15) is 19.3 Å². The van der Waals surface area contributed by atoms with Gasteiger partial charge >= 0.3 is 5.97 Å². The molecule has 4 nitrogen and oxygen atoms in total. The van der Waals surface area contributed by atoms with E-state index >= 15 is 0 Å². The number of carbonyl (C=O) groups is 1. The van der Waals surface area contributed by atoms with Crippen LogP contribution in [-0.2, 0) is 14.3 Å². The van der Waals surface area contributed by atoms with Gasteiger partial charge in [-0.15, -0.1) is 0 Å². The van der Waals surface area contributed by atoms with Crippen molar-refractivity contribution in [3.05, 3.63) is 0 Å². The summed E-state index contributed by atoms with van der Waals surface area (Å²) >= 11 is 0. The molecule has 0 unspecified atom stereocenters. The van der Waals surface area contributed by atoms with Gasteiger partial charge in [-0.25, -0.2) is 0 Å². The van der Waals surface area contributed by atoms with Crippen LogP contribution in [0.15, 0.2) is 0 Å². The van der Waals surface area contributed by atoms with Gasteiger partial charge < -0.3 is 14.8 Å². The number of hydrogen-bond donors (Lipinski definition) is 1. The number of rotatable bonds is 2. The Kier molecular flexibility index (Phi) is 3.59. The fourth-order valence-corrected chi connectivity index (χ4v) is 2.65. The molecule has 2 heterocycles. The van der Waals surface area contributed by atoms with Crippen LogP contribution in [0.3, 0.4) is 0 Å². The summed E-state index contributed by atoms with van der Waals surface area (Å²) in [5.41, 5.74) is 0. The summed E-state index contributed by atoms with van der Waals surface area (Å²) in [6, 6.07) is 0. The monoisotopic (exact) mass is 213 g/mol. The summed E-state index contributed by atoms with van der Waals surface area (Å²) in [6.07, 6.45) is 3.14. The van der Waals surface area contributed by atoms with E-state index in [1.165, 1.54) is 7.11 Å². The van der Waals surface area contributed by atoms with E-state index in [1.807, 2.05) is 0 Å². The molecule has 0 bridgehead atoms. The van der Waals surface area contributed by atoms with Crippen LogP contribution in [0.2, 0.25) is 0 Å². The molecule has 0 aromatic carbocycles. The van der Waals surface area contributed by atoms with Crippen molar-refractivity contribution in [2.75, 3.05) is 26.8 Å². The van der Waals surface area contributed by atoms with E-state index in [2.05, 4.69) is 5.32 Å². The second-order valence-electron chi connectivity index (χ2n) is 4.34. The maximum atomic E-state index is 11.5. The van der Waals surface area contributed by atoms with Crippen LogP contribution >= 0.6 is 0 Å². The lowest BCUT2D eigenvalue weighted by Gasteiger charge is -2.29. The fourth-order valence-electron chi connectivity index (χ4n) is 2.65. The van der Waals surface area contributed by atoms with Gasteiger partial charge in [0.15, 0.2) is 0 Å². The van der Waals surface area contributed by atoms with E-state index < -0.39 is 0 Å². The zero-order valence-electron chi connectivity index (χ0n) is 9.20. The molecular formula is C11H19NO3. The highest BCUT2D eigenvalue weighted by Crippen LogP contribution is 2.32. The van der Waals surface area contributed by atoms with Gasteiger partial charge in [0.1, 0.15) is 0 Å². The second kappa shape index (κ2) is 4.94. The first-order valence-electron chi connectivity index (χ1n) is 5.73. The quantitative estimate of drug-likeness (QED) is 0.681. The Morgan fingerprint density at radius 1 is 1.33 bits per heavy atom. The van der Waals surface area contributed by atoms with Crippen molar-refractivity contribution in [2.45, 2.75) is 25.4 Å². The summed E-state index contributed by atoms with van der Waals surface area (Å²) < 4.78 is 10.5. The molecule has 2 aliphatic heterocycles. The van der Waals surface area contributed by atoms with Crippen LogP contribution in [0, 0.1) is 11.8 Å². The number of esters is 1. The van der Waals surface area contributed by atoms with Crippen LogP contribution in [-0.4, -0.2) is 38.9 Å². The van der Waals surface area contributed by atoms with Crippen LogP contribution in [0.25, 0.3) is 0 Å². The second-order valence-corrected chi connectivity index (χ2v) is 4.34. The lowest BCUT2D eigenvalue weighted by atomic mass is 9.85. The number of carbonyl (C=O) groups excluding carboxylic acids is 1. The molecule has 0 saturated carbocycles. The molecule has 15 heavy (non-hydrogen) atoms. The van der Waals surface area contributed by atoms with Crippen molar-refractivity contribution in [2.24, 2.45) is 11.8 Å². The van der Waals surface area contributed by atoms with E-state index in [1.54, 1.807) is 0 Å². The largest absolute Gasteiger partial charge is 0.469 e. The molecule has 86 valence electrons. The summed E-state index contributed by atoms with van der Waals surface area (Å²) in [7, 11) is 1.46. The van der Waals surface area contributed by atoms with Crippen molar-refractivity contribution in [1.29, 1.82) is 0 Å². The first kappa shape index (κ1) is 10.9. The Morgan fingerprint density at radius 2 is 2.07 bits per heavy atom. The van der Waals surface area contributed by atoms with Gasteiger partial charge in [-0.05, 0) is 38.3 Å². The Morgan fingerprint density at radius 3 is 2.73 bits per heavy atom. The number of nitrogens with one attached hydrogen (secondary N) is 1. The minimum Gasteiger partial charge on any atom is -0.469 e.